The van der Waals surface area contributed by atoms with Crippen LogP contribution in [0.2, 0.25) is 0 Å². The molecule has 142 valence electrons. The number of nitrogens with zero attached hydrogens (tertiary/aromatic N) is 3. The van der Waals surface area contributed by atoms with E-state index in [2.05, 4.69) is 17.1 Å². The quantitative estimate of drug-likeness (QED) is 0.602. The van der Waals surface area contributed by atoms with Crippen molar-refractivity contribution in [1.29, 1.82) is 0 Å². The normalized spacial score (nSPS) is 11.0. The molecule has 0 aliphatic heterocycles. The highest BCUT2D eigenvalue weighted by atomic mass is 32.2. The van der Waals surface area contributed by atoms with Gasteiger partial charge in [-0.15, -0.1) is 5.10 Å². The van der Waals surface area contributed by atoms with Gasteiger partial charge in [-0.3, -0.25) is 9.36 Å². The summed E-state index contributed by atoms with van der Waals surface area (Å²) < 4.78 is 1.61. The van der Waals surface area contributed by atoms with Crippen molar-refractivity contribution in [3.8, 4) is 0 Å². The molecule has 0 bridgehead atoms. The number of rotatable bonds is 8. The molecular weight excluding hydrogens is 360 g/mol. The zero-order valence-electron chi connectivity index (χ0n) is 15.6. The van der Waals surface area contributed by atoms with Crippen LogP contribution in [0.1, 0.15) is 26.7 Å². The molecule has 1 amide bonds. The first-order valence-corrected chi connectivity index (χ1v) is 10.2. The van der Waals surface area contributed by atoms with Gasteiger partial charge in [0.15, 0.2) is 5.16 Å². The monoisotopic (exact) mass is 384 g/mol. The third-order valence-corrected chi connectivity index (χ3v) is 5.42. The van der Waals surface area contributed by atoms with E-state index in [1.807, 2.05) is 49.4 Å². The molecule has 27 heavy (non-hydrogen) atoms. The van der Waals surface area contributed by atoms with Crippen LogP contribution >= 0.6 is 11.8 Å². The maximum atomic E-state index is 12.9. The zero-order chi connectivity index (χ0) is 19.2. The van der Waals surface area contributed by atoms with Gasteiger partial charge < -0.3 is 4.90 Å². The van der Waals surface area contributed by atoms with Crippen molar-refractivity contribution in [3.05, 3.63) is 52.9 Å². The van der Waals surface area contributed by atoms with E-state index in [1.165, 1.54) is 11.8 Å². The summed E-state index contributed by atoms with van der Waals surface area (Å²) in [5, 5.41) is 9.27. The van der Waals surface area contributed by atoms with Gasteiger partial charge in [0.25, 0.3) is 0 Å². The van der Waals surface area contributed by atoms with Crippen LogP contribution in [0.4, 0.5) is 5.69 Å². The van der Waals surface area contributed by atoms with Gasteiger partial charge >= 0.3 is 5.69 Å². The number of hydrogen-bond donors (Lipinski definition) is 1. The van der Waals surface area contributed by atoms with Gasteiger partial charge in [-0.25, -0.2) is 9.89 Å². The van der Waals surface area contributed by atoms with E-state index >= 15 is 0 Å². The Labute approximate surface area is 162 Å². The minimum Gasteiger partial charge on any atom is -0.311 e. The van der Waals surface area contributed by atoms with Crippen LogP contribution in [0.15, 0.2) is 52.4 Å². The third kappa shape index (κ3) is 4.24. The van der Waals surface area contributed by atoms with Gasteiger partial charge in [0.2, 0.25) is 5.91 Å². The number of aromatic amines is 1. The molecule has 0 fully saturated rings. The van der Waals surface area contributed by atoms with Crippen molar-refractivity contribution in [1.82, 2.24) is 14.8 Å². The Balaban J connectivity index is 1.78. The molecule has 0 aliphatic carbocycles. The second-order valence-electron chi connectivity index (χ2n) is 6.24. The van der Waals surface area contributed by atoms with Crippen LogP contribution in [0.3, 0.4) is 0 Å². The van der Waals surface area contributed by atoms with Crippen molar-refractivity contribution in [2.75, 3.05) is 17.2 Å². The number of benzene rings is 2. The molecular formula is C20H24N4O2S. The predicted octanol–water partition coefficient (Wildman–Crippen LogP) is 3.67. The van der Waals surface area contributed by atoms with E-state index in [0.29, 0.717) is 18.2 Å². The molecule has 1 aromatic heterocycles. The van der Waals surface area contributed by atoms with Crippen LogP contribution in [-0.4, -0.2) is 33.0 Å². The number of H-pyrrole nitrogens is 1. The summed E-state index contributed by atoms with van der Waals surface area (Å²) in [5.74, 6) is 0.226. The lowest BCUT2D eigenvalue weighted by molar-refractivity contribution is -0.116. The molecule has 0 saturated heterocycles. The highest BCUT2D eigenvalue weighted by Gasteiger charge is 2.18. The molecule has 0 unspecified atom stereocenters. The van der Waals surface area contributed by atoms with Gasteiger partial charge in [-0.1, -0.05) is 61.5 Å². The summed E-state index contributed by atoms with van der Waals surface area (Å²) in [4.78, 5) is 26.6. The zero-order valence-corrected chi connectivity index (χ0v) is 16.5. The summed E-state index contributed by atoms with van der Waals surface area (Å²) in [7, 11) is 0. The number of nitrogens with one attached hydrogen (secondary N) is 1. The molecule has 3 rings (SSSR count). The van der Waals surface area contributed by atoms with E-state index in [1.54, 1.807) is 9.47 Å². The van der Waals surface area contributed by atoms with Crippen LogP contribution in [-0.2, 0) is 11.3 Å². The van der Waals surface area contributed by atoms with E-state index in [9.17, 15) is 9.59 Å². The molecule has 2 aromatic carbocycles. The Kier molecular flexibility index (Phi) is 6.34. The van der Waals surface area contributed by atoms with Gasteiger partial charge in [-0.2, -0.15) is 0 Å². The molecule has 1 N–H and O–H groups in total. The number of fused-ring (bicyclic) bond motifs is 1. The van der Waals surface area contributed by atoms with Crippen molar-refractivity contribution < 1.29 is 4.79 Å². The first kappa shape index (κ1) is 19.2. The van der Waals surface area contributed by atoms with E-state index < -0.39 is 0 Å². The molecule has 0 atom stereocenters. The Morgan fingerprint density at radius 3 is 2.74 bits per heavy atom. The number of thioether (sulfide) groups is 1. The Hall–Kier alpha value is -2.54. The molecule has 0 spiro atoms. The highest BCUT2D eigenvalue weighted by molar-refractivity contribution is 7.99. The summed E-state index contributed by atoms with van der Waals surface area (Å²) in [6, 6.07) is 14.0. The molecule has 1 heterocycles. The number of carbonyl (C=O) groups is 1. The largest absolute Gasteiger partial charge is 0.343 e. The first-order valence-electron chi connectivity index (χ1n) is 9.21. The predicted molar refractivity (Wildman–Crippen MR) is 110 cm³/mol. The highest BCUT2D eigenvalue weighted by Crippen LogP contribution is 2.27. The minimum absolute atomic E-state index is 0.00339. The number of unbranched alkanes of at least 4 members (excludes halogenated alkanes) is 1. The fraction of sp³-hybridized carbons (Fsp3) is 0.350. The fourth-order valence-corrected chi connectivity index (χ4v) is 3.90. The lowest BCUT2D eigenvalue weighted by Gasteiger charge is -2.22. The number of aromatic nitrogens is 3. The van der Waals surface area contributed by atoms with Gasteiger partial charge in [0, 0.05) is 18.5 Å². The Bertz CT molecular complexity index is 974. The maximum Gasteiger partial charge on any atom is 0.343 e. The molecule has 6 nitrogen and oxygen atoms in total. The van der Waals surface area contributed by atoms with Crippen molar-refractivity contribution in [2.45, 2.75) is 38.4 Å². The van der Waals surface area contributed by atoms with Gasteiger partial charge in [0.1, 0.15) is 0 Å². The Morgan fingerprint density at radius 1 is 1.19 bits per heavy atom. The lowest BCUT2D eigenvalue weighted by atomic mass is 10.1. The Morgan fingerprint density at radius 2 is 1.96 bits per heavy atom. The SMILES string of the molecule is CCCCn1c(SCC(=O)N(CC)c2cccc3ccccc23)n[nH]c1=O. The van der Waals surface area contributed by atoms with Crippen molar-refractivity contribution in [2.24, 2.45) is 0 Å². The van der Waals surface area contributed by atoms with Crippen LogP contribution in [0, 0.1) is 0 Å². The third-order valence-electron chi connectivity index (χ3n) is 4.46. The molecule has 0 saturated carbocycles. The topological polar surface area (TPSA) is 71.0 Å². The van der Waals surface area contributed by atoms with E-state index in [4.69, 9.17) is 0 Å². The lowest BCUT2D eigenvalue weighted by Crippen LogP contribution is -2.32. The molecule has 0 radical (unpaired) electrons. The average molecular weight is 385 g/mol. The smallest absolute Gasteiger partial charge is 0.311 e. The second kappa shape index (κ2) is 8.90. The number of amides is 1. The number of carbonyl (C=O) groups excluding carboxylic acids is 1. The maximum absolute atomic E-state index is 12.9. The second-order valence-corrected chi connectivity index (χ2v) is 7.18. The van der Waals surface area contributed by atoms with Crippen LogP contribution < -0.4 is 10.6 Å². The fourth-order valence-electron chi connectivity index (χ4n) is 3.06. The van der Waals surface area contributed by atoms with Crippen molar-refractivity contribution >= 4 is 34.1 Å². The first-order chi connectivity index (χ1) is 13.2. The van der Waals surface area contributed by atoms with E-state index in [-0.39, 0.29) is 17.3 Å². The van der Waals surface area contributed by atoms with E-state index in [0.717, 1.165) is 29.3 Å². The number of hydrogen-bond acceptors (Lipinski definition) is 4. The van der Waals surface area contributed by atoms with Gasteiger partial charge in [0.05, 0.1) is 11.4 Å². The summed E-state index contributed by atoms with van der Waals surface area (Å²) in [6.45, 7) is 5.24. The molecule has 7 heteroatoms. The van der Waals surface area contributed by atoms with Gasteiger partial charge in [-0.05, 0) is 24.8 Å². The molecule has 0 aliphatic rings. The standard InChI is InChI=1S/C20H24N4O2S/c1-3-5-13-24-19(26)21-22-20(24)27-14-18(25)23(4-2)17-12-8-10-15-9-6-7-11-16(15)17/h6-12H,3-5,13-14H2,1-2H3,(H,21,26). The van der Waals surface area contributed by atoms with Crippen LogP contribution in [0.25, 0.3) is 10.8 Å². The van der Waals surface area contributed by atoms with Crippen molar-refractivity contribution in [3.63, 3.8) is 0 Å². The van der Waals surface area contributed by atoms with Crippen LogP contribution in [0.5, 0.6) is 0 Å². The number of anilines is 1. The summed E-state index contributed by atoms with van der Waals surface area (Å²) in [6.07, 6.45) is 1.89. The summed E-state index contributed by atoms with van der Waals surface area (Å²) >= 11 is 1.30. The minimum atomic E-state index is -0.222. The molecule has 3 aromatic rings. The average Bonchev–Trinajstić information content (AvgIpc) is 3.05. The summed E-state index contributed by atoms with van der Waals surface area (Å²) in [5.41, 5.74) is 0.686.